The Morgan fingerprint density at radius 2 is 1.70 bits per heavy atom. The van der Waals surface area contributed by atoms with E-state index in [0.717, 1.165) is 32.6 Å². The van der Waals surface area contributed by atoms with Crippen LogP contribution in [-0.2, 0) is 12.0 Å². The summed E-state index contributed by atoms with van der Waals surface area (Å²) < 4.78 is 8.04. The van der Waals surface area contributed by atoms with E-state index in [2.05, 4.69) is 57.7 Å². The molecular weight excluding hydrogens is 597 g/mol. The number of carbonyl (C=O) groups excluding carboxylic acids is 1. The van der Waals surface area contributed by atoms with Gasteiger partial charge in [0.05, 0.1) is 23.3 Å². The van der Waals surface area contributed by atoms with Gasteiger partial charge in [-0.2, -0.15) is 5.10 Å². The van der Waals surface area contributed by atoms with Gasteiger partial charge in [0.15, 0.2) is 0 Å². The molecule has 0 atom stereocenters. The van der Waals surface area contributed by atoms with Gasteiger partial charge >= 0.3 is 6.03 Å². The Balaban J connectivity index is 1.20. The second kappa shape index (κ2) is 13.3. The highest BCUT2D eigenvalue weighted by Gasteiger charge is 2.22. The maximum Gasteiger partial charge on any atom is 0.324 e. The molecule has 0 spiro atoms. The standard InChI is InChI=1S/C35H34N8O2S/c1-35(2,3)30-20-33(43(42-30)24-8-7-9-25(19-24)46-4)41-34(44)39-28-12-13-29(27-11-6-5-10-26(27)28)45-22-23-14-15-37-31(18-23)40-32-21-36-16-17-38-32/h5-21H,22H2,1-4H3,(H,37,38,40)(H2,39,41,44). The number of thioether (sulfide) groups is 1. The lowest BCUT2D eigenvalue weighted by molar-refractivity contribution is 0.262. The van der Waals surface area contributed by atoms with Crippen molar-refractivity contribution in [2.45, 2.75) is 37.7 Å². The third-order valence-electron chi connectivity index (χ3n) is 7.19. The van der Waals surface area contributed by atoms with Crippen LogP contribution in [0.15, 0.2) is 109 Å². The number of amides is 2. The minimum absolute atomic E-state index is 0.202. The summed E-state index contributed by atoms with van der Waals surface area (Å²) in [6.45, 7) is 6.62. The van der Waals surface area contributed by atoms with E-state index in [1.54, 1.807) is 41.2 Å². The van der Waals surface area contributed by atoms with E-state index in [0.29, 0.717) is 35.5 Å². The van der Waals surface area contributed by atoms with E-state index in [9.17, 15) is 4.79 Å². The van der Waals surface area contributed by atoms with Gasteiger partial charge < -0.3 is 15.4 Å². The predicted molar refractivity (Wildman–Crippen MR) is 185 cm³/mol. The van der Waals surface area contributed by atoms with Gasteiger partial charge in [0, 0.05) is 45.7 Å². The fourth-order valence-corrected chi connectivity index (χ4v) is 5.29. The van der Waals surface area contributed by atoms with E-state index in [1.165, 1.54) is 0 Å². The summed E-state index contributed by atoms with van der Waals surface area (Å²) in [5.74, 6) is 2.53. The van der Waals surface area contributed by atoms with Gasteiger partial charge in [0.25, 0.3) is 0 Å². The van der Waals surface area contributed by atoms with Gasteiger partial charge in [-0.1, -0.05) is 51.1 Å². The number of urea groups is 1. The first-order valence-electron chi connectivity index (χ1n) is 14.7. The normalized spacial score (nSPS) is 11.3. The summed E-state index contributed by atoms with van der Waals surface area (Å²) in [4.78, 5) is 27.2. The zero-order valence-corrected chi connectivity index (χ0v) is 26.8. The van der Waals surface area contributed by atoms with Gasteiger partial charge in [-0.3, -0.25) is 10.3 Å². The lowest BCUT2D eigenvalue weighted by Gasteiger charge is -2.15. The van der Waals surface area contributed by atoms with Gasteiger partial charge in [-0.25, -0.2) is 19.4 Å². The zero-order valence-electron chi connectivity index (χ0n) is 26.0. The minimum atomic E-state index is -0.374. The number of hydrogen-bond donors (Lipinski definition) is 3. The number of fused-ring (bicyclic) bond motifs is 1. The van der Waals surface area contributed by atoms with E-state index < -0.39 is 0 Å². The summed E-state index contributed by atoms with van der Waals surface area (Å²) in [5, 5.41) is 15.8. The number of anilines is 4. The van der Waals surface area contributed by atoms with Crippen molar-refractivity contribution in [2.75, 3.05) is 22.2 Å². The third-order valence-corrected chi connectivity index (χ3v) is 7.91. The van der Waals surface area contributed by atoms with Crippen molar-refractivity contribution in [3.63, 3.8) is 0 Å². The van der Waals surface area contributed by atoms with Crippen LogP contribution >= 0.6 is 11.8 Å². The quantitative estimate of drug-likeness (QED) is 0.137. The zero-order chi connectivity index (χ0) is 32.1. The fourth-order valence-electron chi connectivity index (χ4n) is 4.84. The number of pyridine rings is 1. The van der Waals surface area contributed by atoms with E-state index in [4.69, 9.17) is 9.84 Å². The molecule has 0 aliphatic carbocycles. The SMILES string of the molecule is CSc1cccc(-n2nc(C(C)(C)C)cc2NC(=O)Nc2ccc(OCc3ccnc(Nc4cnccn4)c3)c3ccccc23)c1. The molecular formula is C35H34N8O2S. The Morgan fingerprint density at radius 1 is 0.870 bits per heavy atom. The van der Waals surface area contributed by atoms with Crippen LogP contribution in [0.1, 0.15) is 32.0 Å². The van der Waals surface area contributed by atoms with Crippen molar-refractivity contribution < 1.29 is 9.53 Å². The molecule has 0 fully saturated rings. The highest BCUT2D eigenvalue weighted by molar-refractivity contribution is 7.98. The number of rotatable bonds is 9. The summed E-state index contributed by atoms with van der Waals surface area (Å²) in [5.41, 5.74) is 3.13. The lowest BCUT2D eigenvalue weighted by atomic mass is 9.92. The van der Waals surface area contributed by atoms with Crippen molar-refractivity contribution in [3.8, 4) is 11.4 Å². The topological polar surface area (TPSA) is 119 Å². The molecule has 0 unspecified atom stereocenters. The van der Waals surface area contributed by atoms with Crippen LogP contribution in [0.4, 0.5) is 27.9 Å². The summed E-state index contributed by atoms with van der Waals surface area (Å²) in [7, 11) is 0. The highest BCUT2D eigenvalue weighted by atomic mass is 32.2. The number of nitrogens with zero attached hydrogens (tertiary/aromatic N) is 5. The van der Waals surface area contributed by atoms with E-state index in [1.807, 2.05) is 79.1 Å². The number of benzene rings is 3. The average molecular weight is 631 g/mol. The summed E-state index contributed by atoms with van der Waals surface area (Å²) in [6, 6.07) is 25.0. The van der Waals surface area contributed by atoms with Crippen LogP contribution in [0.25, 0.3) is 16.5 Å². The Kier molecular flexibility index (Phi) is 8.84. The maximum atomic E-state index is 13.4. The molecule has 11 heteroatoms. The Bertz CT molecular complexity index is 1990. The first kappa shape index (κ1) is 30.6. The highest BCUT2D eigenvalue weighted by Crippen LogP contribution is 2.33. The van der Waals surface area contributed by atoms with Crippen LogP contribution in [0.3, 0.4) is 0 Å². The molecule has 0 saturated carbocycles. The molecule has 0 aliphatic heterocycles. The van der Waals surface area contributed by atoms with Crippen LogP contribution in [0, 0.1) is 0 Å². The smallest absolute Gasteiger partial charge is 0.324 e. The van der Waals surface area contributed by atoms with Gasteiger partial charge in [0.2, 0.25) is 0 Å². The summed E-state index contributed by atoms with van der Waals surface area (Å²) >= 11 is 1.66. The van der Waals surface area contributed by atoms with Crippen molar-refractivity contribution in [3.05, 3.63) is 115 Å². The first-order chi connectivity index (χ1) is 22.3. The molecule has 6 aromatic rings. The predicted octanol–water partition coefficient (Wildman–Crippen LogP) is 8.20. The Morgan fingerprint density at radius 3 is 2.48 bits per heavy atom. The van der Waals surface area contributed by atoms with Gasteiger partial charge in [-0.15, -0.1) is 11.8 Å². The Labute approximate surface area is 271 Å². The van der Waals surface area contributed by atoms with E-state index in [-0.39, 0.29) is 11.4 Å². The second-order valence-electron chi connectivity index (χ2n) is 11.6. The van der Waals surface area contributed by atoms with Gasteiger partial charge in [0.1, 0.15) is 29.8 Å². The molecule has 3 aromatic heterocycles. The van der Waals surface area contributed by atoms with Crippen molar-refractivity contribution in [1.29, 1.82) is 0 Å². The molecule has 0 saturated heterocycles. The molecule has 46 heavy (non-hydrogen) atoms. The van der Waals surface area contributed by atoms with Crippen molar-refractivity contribution >= 4 is 51.7 Å². The van der Waals surface area contributed by atoms with Crippen LogP contribution in [0.2, 0.25) is 0 Å². The van der Waals surface area contributed by atoms with E-state index >= 15 is 0 Å². The third kappa shape index (κ3) is 7.10. The van der Waals surface area contributed by atoms with Gasteiger partial charge in [-0.05, 0) is 54.3 Å². The largest absolute Gasteiger partial charge is 0.488 e. The monoisotopic (exact) mass is 630 g/mol. The molecule has 0 bridgehead atoms. The minimum Gasteiger partial charge on any atom is -0.488 e. The number of ether oxygens (including phenoxy) is 1. The lowest BCUT2D eigenvalue weighted by Crippen LogP contribution is -2.21. The molecule has 10 nitrogen and oxygen atoms in total. The van der Waals surface area contributed by atoms with Crippen molar-refractivity contribution in [1.82, 2.24) is 24.7 Å². The second-order valence-corrected chi connectivity index (χ2v) is 12.4. The van der Waals surface area contributed by atoms with Crippen LogP contribution in [-0.4, -0.2) is 37.0 Å². The van der Waals surface area contributed by atoms with Crippen LogP contribution < -0.4 is 20.7 Å². The molecule has 3 aromatic carbocycles. The molecule has 3 heterocycles. The number of carbonyl (C=O) groups is 1. The molecule has 0 radical (unpaired) electrons. The Hall–Kier alpha value is -5.42. The molecule has 0 aliphatic rings. The first-order valence-corrected chi connectivity index (χ1v) is 15.9. The molecule has 3 N–H and O–H groups in total. The fraction of sp³-hybridized carbons (Fsp3) is 0.171. The number of nitrogens with one attached hydrogen (secondary N) is 3. The number of aromatic nitrogens is 5. The molecule has 232 valence electrons. The molecule has 6 rings (SSSR count). The van der Waals surface area contributed by atoms with Crippen LogP contribution in [0.5, 0.6) is 5.75 Å². The van der Waals surface area contributed by atoms with Crippen molar-refractivity contribution in [2.24, 2.45) is 0 Å². The molecule has 2 amide bonds. The average Bonchev–Trinajstić information content (AvgIpc) is 3.49. The summed E-state index contributed by atoms with van der Waals surface area (Å²) in [6.07, 6.45) is 8.62. The maximum absolute atomic E-state index is 13.4. The number of hydrogen-bond acceptors (Lipinski definition) is 8.